The number of hydrogen-bond acceptors (Lipinski definition) is 5. The van der Waals surface area contributed by atoms with Crippen molar-refractivity contribution in [2.45, 2.75) is 33.0 Å². The average Bonchev–Trinajstić information content (AvgIpc) is 3.36. The molecule has 0 saturated heterocycles. The van der Waals surface area contributed by atoms with Crippen LogP contribution in [-0.4, -0.2) is 24.5 Å². The van der Waals surface area contributed by atoms with Gasteiger partial charge in [-0.1, -0.05) is 30.3 Å². The molecule has 0 aliphatic carbocycles. The summed E-state index contributed by atoms with van der Waals surface area (Å²) in [7, 11) is 1.95. The maximum atomic E-state index is 6.16. The van der Waals surface area contributed by atoms with E-state index in [-0.39, 0.29) is 6.10 Å². The van der Waals surface area contributed by atoms with Crippen molar-refractivity contribution in [2.75, 3.05) is 0 Å². The van der Waals surface area contributed by atoms with E-state index in [0.29, 0.717) is 6.61 Å². The largest absolute Gasteiger partial charge is 0.366 e. The lowest BCUT2D eigenvalue weighted by atomic mass is 9.99. The summed E-state index contributed by atoms with van der Waals surface area (Å²) in [6, 6.07) is 10.6. The van der Waals surface area contributed by atoms with Gasteiger partial charge in [0, 0.05) is 29.2 Å². The van der Waals surface area contributed by atoms with Crippen molar-refractivity contribution in [1.29, 1.82) is 0 Å². The topological polar surface area (TPSA) is 57.8 Å². The van der Waals surface area contributed by atoms with E-state index in [1.54, 1.807) is 11.3 Å². The van der Waals surface area contributed by atoms with Gasteiger partial charge in [0.15, 0.2) is 5.82 Å². The Kier molecular flexibility index (Phi) is 4.14. The first-order valence-electron chi connectivity index (χ1n) is 9.33. The smallest absolute Gasteiger partial charge is 0.167 e. The molecule has 0 N–H and O–H groups in total. The first-order valence-corrected chi connectivity index (χ1v) is 10.1. The SMILES string of the molecule is Cc1nnc2n1-c1sc(-c3cnn(C)c3)c(Cc3ccccc3)c1CO[C@H]2C. The Morgan fingerprint density at radius 3 is 2.79 bits per heavy atom. The van der Waals surface area contributed by atoms with Crippen LogP contribution in [0.5, 0.6) is 0 Å². The second-order valence-electron chi connectivity index (χ2n) is 7.15. The number of aryl methyl sites for hydroxylation is 2. The predicted octanol–water partition coefficient (Wildman–Crippen LogP) is 4.22. The maximum absolute atomic E-state index is 6.16. The van der Waals surface area contributed by atoms with Gasteiger partial charge in [0.2, 0.25) is 0 Å². The summed E-state index contributed by atoms with van der Waals surface area (Å²) in [6.45, 7) is 4.60. The van der Waals surface area contributed by atoms with Crippen LogP contribution in [0.1, 0.15) is 41.4 Å². The molecule has 1 atom stereocenters. The Hall–Kier alpha value is -2.77. The number of thiophene rings is 1. The molecule has 0 spiro atoms. The minimum Gasteiger partial charge on any atom is -0.366 e. The molecule has 4 aromatic rings. The molecule has 0 saturated carbocycles. The van der Waals surface area contributed by atoms with Crippen molar-refractivity contribution in [3.63, 3.8) is 0 Å². The molecule has 28 heavy (non-hydrogen) atoms. The monoisotopic (exact) mass is 391 g/mol. The molecule has 1 aromatic carbocycles. The first-order chi connectivity index (χ1) is 13.6. The third-order valence-corrected chi connectivity index (χ3v) is 6.49. The van der Waals surface area contributed by atoms with Crippen molar-refractivity contribution < 1.29 is 4.74 Å². The Morgan fingerprint density at radius 2 is 2.04 bits per heavy atom. The van der Waals surface area contributed by atoms with Crippen LogP contribution in [0.3, 0.4) is 0 Å². The van der Waals surface area contributed by atoms with Crippen LogP contribution < -0.4 is 0 Å². The third kappa shape index (κ3) is 2.78. The van der Waals surface area contributed by atoms with Crippen LogP contribution in [0.15, 0.2) is 42.7 Å². The van der Waals surface area contributed by atoms with Crippen LogP contribution in [0.2, 0.25) is 0 Å². The van der Waals surface area contributed by atoms with Crippen LogP contribution >= 0.6 is 11.3 Å². The highest BCUT2D eigenvalue weighted by atomic mass is 32.1. The second kappa shape index (κ2) is 6.68. The maximum Gasteiger partial charge on any atom is 0.167 e. The number of aromatic nitrogens is 5. The molecule has 0 radical (unpaired) electrons. The zero-order valence-electron chi connectivity index (χ0n) is 16.1. The van der Waals surface area contributed by atoms with Gasteiger partial charge >= 0.3 is 0 Å². The van der Waals surface area contributed by atoms with Crippen LogP contribution in [0.4, 0.5) is 0 Å². The molecule has 142 valence electrons. The Bertz CT molecular complexity index is 1140. The van der Waals surface area contributed by atoms with E-state index in [1.165, 1.54) is 21.6 Å². The van der Waals surface area contributed by atoms with Crippen molar-refractivity contribution in [1.82, 2.24) is 24.5 Å². The van der Waals surface area contributed by atoms with Gasteiger partial charge in [-0.3, -0.25) is 9.25 Å². The van der Waals surface area contributed by atoms with Gasteiger partial charge in [0.05, 0.1) is 12.8 Å². The molecule has 0 bridgehead atoms. The molecular formula is C21H21N5OS. The molecule has 4 heterocycles. The van der Waals surface area contributed by atoms with E-state index in [9.17, 15) is 0 Å². The highest BCUT2D eigenvalue weighted by Gasteiger charge is 2.29. The predicted molar refractivity (Wildman–Crippen MR) is 109 cm³/mol. The number of benzene rings is 1. The Balaban J connectivity index is 1.74. The van der Waals surface area contributed by atoms with Gasteiger partial charge in [-0.25, -0.2) is 0 Å². The standard InChI is InChI=1S/C21H21N5OS/c1-13-20-24-23-14(2)26(20)21-18(12-27-13)17(9-15-7-5-4-6-8-15)19(28-21)16-10-22-25(3)11-16/h4-8,10-11,13H,9,12H2,1-3H3/t13-/m0/s1. The van der Waals surface area contributed by atoms with Crippen molar-refractivity contribution in [3.8, 4) is 15.4 Å². The van der Waals surface area contributed by atoms with Crippen molar-refractivity contribution in [2.24, 2.45) is 7.05 Å². The molecule has 5 rings (SSSR count). The van der Waals surface area contributed by atoms with Gasteiger partial charge in [-0.2, -0.15) is 5.10 Å². The lowest BCUT2D eigenvalue weighted by Crippen LogP contribution is -2.04. The third-order valence-electron chi connectivity index (χ3n) is 5.18. The number of hydrogen-bond donors (Lipinski definition) is 0. The van der Waals surface area contributed by atoms with E-state index in [2.05, 4.69) is 56.4 Å². The van der Waals surface area contributed by atoms with Gasteiger partial charge in [-0.15, -0.1) is 21.5 Å². The van der Waals surface area contributed by atoms with E-state index >= 15 is 0 Å². The van der Waals surface area contributed by atoms with Crippen LogP contribution in [0.25, 0.3) is 15.4 Å². The number of ether oxygens (including phenoxy) is 1. The summed E-state index contributed by atoms with van der Waals surface area (Å²) in [5.74, 6) is 1.75. The number of fused-ring (bicyclic) bond motifs is 3. The highest BCUT2D eigenvalue weighted by molar-refractivity contribution is 7.18. The first kappa shape index (κ1) is 17.3. The van der Waals surface area contributed by atoms with Gasteiger partial charge < -0.3 is 4.74 Å². The molecule has 1 aliphatic rings. The van der Waals surface area contributed by atoms with Crippen LogP contribution in [0, 0.1) is 6.92 Å². The fraction of sp³-hybridized carbons (Fsp3) is 0.286. The lowest BCUT2D eigenvalue weighted by molar-refractivity contribution is 0.0493. The molecular weight excluding hydrogens is 370 g/mol. The molecule has 0 unspecified atom stereocenters. The van der Waals surface area contributed by atoms with Crippen molar-refractivity contribution in [3.05, 3.63) is 71.1 Å². The zero-order valence-corrected chi connectivity index (χ0v) is 16.9. The lowest BCUT2D eigenvalue weighted by Gasteiger charge is -2.10. The molecule has 0 fully saturated rings. The van der Waals surface area contributed by atoms with E-state index in [0.717, 1.165) is 28.6 Å². The summed E-state index contributed by atoms with van der Waals surface area (Å²) in [6.07, 6.45) is 4.77. The zero-order chi connectivity index (χ0) is 19.3. The molecule has 1 aliphatic heterocycles. The Labute approximate surface area is 167 Å². The summed E-state index contributed by atoms with van der Waals surface area (Å²) in [5, 5.41) is 14.2. The van der Waals surface area contributed by atoms with Crippen LogP contribution in [-0.2, 0) is 24.8 Å². The van der Waals surface area contributed by atoms with E-state index in [1.807, 2.05) is 31.8 Å². The highest BCUT2D eigenvalue weighted by Crippen LogP contribution is 2.43. The van der Waals surface area contributed by atoms with E-state index < -0.39 is 0 Å². The number of nitrogens with zero attached hydrogens (tertiary/aromatic N) is 5. The minimum atomic E-state index is -0.0905. The number of rotatable bonds is 3. The van der Waals surface area contributed by atoms with Gasteiger partial charge in [0.25, 0.3) is 0 Å². The minimum absolute atomic E-state index is 0.0905. The summed E-state index contributed by atoms with van der Waals surface area (Å²) < 4.78 is 10.2. The average molecular weight is 392 g/mol. The fourth-order valence-corrected chi connectivity index (χ4v) is 5.11. The molecule has 3 aromatic heterocycles. The second-order valence-corrected chi connectivity index (χ2v) is 8.15. The summed E-state index contributed by atoms with van der Waals surface area (Å²) in [5.41, 5.74) is 4.94. The quantitative estimate of drug-likeness (QED) is 0.525. The van der Waals surface area contributed by atoms with Gasteiger partial charge in [-0.05, 0) is 31.4 Å². The summed E-state index contributed by atoms with van der Waals surface area (Å²) >= 11 is 1.77. The van der Waals surface area contributed by atoms with Crippen molar-refractivity contribution >= 4 is 11.3 Å². The Morgan fingerprint density at radius 1 is 1.21 bits per heavy atom. The molecule has 7 heteroatoms. The fourth-order valence-electron chi connectivity index (χ4n) is 3.75. The normalized spacial score (nSPS) is 15.9. The van der Waals surface area contributed by atoms with Gasteiger partial charge in [0.1, 0.15) is 16.9 Å². The van der Waals surface area contributed by atoms with E-state index in [4.69, 9.17) is 4.74 Å². The summed E-state index contributed by atoms with van der Waals surface area (Å²) in [4.78, 5) is 1.24. The molecule has 0 amide bonds. The molecule has 6 nitrogen and oxygen atoms in total.